The first-order valence-corrected chi connectivity index (χ1v) is 5.89. The Morgan fingerprint density at radius 3 is 2.60 bits per heavy atom. The topological polar surface area (TPSA) is 60.2 Å². The summed E-state index contributed by atoms with van der Waals surface area (Å²) in [5.41, 5.74) is 5.06. The fraction of sp³-hybridized carbons (Fsp3) is 0.308. The zero-order valence-electron chi connectivity index (χ0n) is 11.0. The smallest absolute Gasteiger partial charge is 0.422 e. The molecule has 0 unspecified atom stereocenters. The minimum atomic E-state index is -4.39. The summed E-state index contributed by atoms with van der Waals surface area (Å²) in [5.74, 6) is 5.56. The Kier molecular flexibility index (Phi) is 3.71. The van der Waals surface area contributed by atoms with Gasteiger partial charge in [0.1, 0.15) is 11.3 Å². The number of hydrazine groups is 1. The van der Waals surface area contributed by atoms with Gasteiger partial charge in [0.05, 0.1) is 5.69 Å². The summed E-state index contributed by atoms with van der Waals surface area (Å²) in [4.78, 5) is 4.30. The van der Waals surface area contributed by atoms with Crippen LogP contribution in [0.1, 0.15) is 11.3 Å². The third-order valence-corrected chi connectivity index (χ3v) is 3.00. The molecule has 0 spiro atoms. The molecule has 0 atom stereocenters. The summed E-state index contributed by atoms with van der Waals surface area (Å²) in [6, 6.07) is 4.78. The average Bonchev–Trinajstić information content (AvgIpc) is 2.37. The molecule has 0 aliphatic rings. The third kappa shape index (κ3) is 2.77. The number of halogens is 3. The van der Waals surface area contributed by atoms with Gasteiger partial charge in [0, 0.05) is 11.1 Å². The van der Waals surface area contributed by atoms with Gasteiger partial charge < -0.3 is 10.2 Å². The first-order valence-electron chi connectivity index (χ1n) is 5.89. The zero-order chi connectivity index (χ0) is 14.9. The molecule has 0 aliphatic heterocycles. The molecule has 2 rings (SSSR count). The molecule has 1 aromatic heterocycles. The fourth-order valence-corrected chi connectivity index (χ4v) is 1.94. The monoisotopic (exact) mass is 285 g/mol. The van der Waals surface area contributed by atoms with Crippen LogP contribution in [-0.4, -0.2) is 17.8 Å². The quantitative estimate of drug-likeness (QED) is 0.672. The van der Waals surface area contributed by atoms with Crippen molar-refractivity contribution in [2.75, 3.05) is 12.0 Å². The number of nitrogens with zero attached hydrogens (tertiary/aromatic N) is 1. The molecule has 1 aromatic carbocycles. The fourth-order valence-electron chi connectivity index (χ4n) is 1.94. The normalized spacial score (nSPS) is 11.7. The zero-order valence-corrected chi connectivity index (χ0v) is 11.0. The summed E-state index contributed by atoms with van der Waals surface area (Å²) in [7, 11) is 0. The number of rotatable bonds is 3. The van der Waals surface area contributed by atoms with E-state index in [4.69, 9.17) is 10.6 Å². The van der Waals surface area contributed by atoms with E-state index in [2.05, 4.69) is 10.4 Å². The first kappa shape index (κ1) is 14.4. The van der Waals surface area contributed by atoms with E-state index in [1.807, 2.05) is 6.92 Å². The Morgan fingerprint density at radius 1 is 1.30 bits per heavy atom. The summed E-state index contributed by atoms with van der Waals surface area (Å²) < 4.78 is 41.6. The highest BCUT2D eigenvalue weighted by Crippen LogP contribution is 2.33. The number of hydrogen-bond acceptors (Lipinski definition) is 4. The third-order valence-electron chi connectivity index (χ3n) is 3.00. The molecule has 0 saturated heterocycles. The number of nitrogen functional groups attached to an aromatic ring is 1. The molecular formula is C13H14F3N3O. The van der Waals surface area contributed by atoms with Gasteiger partial charge >= 0.3 is 6.18 Å². The van der Waals surface area contributed by atoms with Crippen LogP contribution >= 0.6 is 0 Å². The maximum atomic E-state index is 12.3. The number of anilines is 1. The van der Waals surface area contributed by atoms with Crippen molar-refractivity contribution in [2.45, 2.75) is 20.0 Å². The number of ether oxygens (including phenoxy) is 1. The number of pyridine rings is 1. The van der Waals surface area contributed by atoms with Gasteiger partial charge in [0.25, 0.3) is 0 Å². The molecule has 0 aliphatic carbocycles. The second-order valence-corrected chi connectivity index (χ2v) is 4.40. The van der Waals surface area contributed by atoms with Crippen molar-refractivity contribution in [3.05, 3.63) is 29.5 Å². The van der Waals surface area contributed by atoms with Crippen LogP contribution in [0.15, 0.2) is 18.2 Å². The van der Waals surface area contributed by atoms with E-state index in [0.29, 0.717) is 22.3 Å². The van der Waals surface area contributed by atoms with Crippen LogP contribution in [-0.2, 0) is 0 Å². The van der Waals surface area contributed by atoms with Crippen molar-refractivity contribution >= 4 is 16.6 Å². The van der Waals surface area contributed by atoms with Crippen LogP contribution in [0.2, 0.25) is 0 Å². The lowest BCUT2D eigenvalue weighted by molar-refractivity contribution is -0.153. The van der Waals surface area contributed by atoms with Gasteiger partial charge in [-0.15, -0.1) is 0 Å². The molecule has 20 heavy (non-hydrogen) atoms. The van der Waals surface area contributed by atoms with Crippen molar-refractivity contribution < 1.29 is 17.9 Å². The van der Waals surface area contributed by atoms with Crippen molar-refractivity contribution in [3.63, 3.8) is 0 Å². The number of para-hydroxylation sites is 1. The largest absolute Gasteiger partial charge is 0.482 e. The average molecular weight is 285 g/mol. The number of aryl methyl sites for hydroxylation is 1. The molecule has 0 bridgehead atoms. The Bertz CT molecular complexity index is 641. The van der Waals surface area contributed by atoms with E-state index in [-0.39, 0.29) is 5.75 Å². The van der Waals surface area contributed by atoms with Gasteiger partial charge in [-0.1, -0.05) is 12.1 Å². The van der Waals surface area contributed by atoms with Gasteiger partial charge in [0.2, 0.25) is 0 Å². The van der Waals surface area contributed by atoms with Crippen molar-refractivity contribution in [2.24, 2.45) is 5.84 Å². The van der Waals surface area contributed by atoms with Gasteiger partial charge in [-0.2, -0.15) is 13.2 Å². The highest BCUT2D eigenvalue weighted by molar-refractivity contribution is 5.96. The number of alkyl halides is 3. The summed E-state index contributed by atoms with van der Waals surface area (Å²) in [6.07, 6.45) is -4.39. The maximum Gasteiger partial charge on any atom is 0.422 e. The Labute approximate surface area is 113 Å². The second-order valence-electron chi connectivity index (χ2n) is 4.40. The predicted octanol–water partition coefficient (Wildman–Crippen LogP) is 3.08. The van der Waals surface area contributed by atoms with Gasteiger partial charge in [0.15, 0.2) is 6.61 Å². The van der Waals surface area contributed by atoms with Crippen LogP contribution in [0, 0.1) is 13.8 Å². The van der Waals surface area contributed by atoms with Crippen LogP contribution in [0.3, 0.4) is 0 Å². The lowest BCUT2D eigenvalue weighted by Gasteiger charge is -2.15. The molecule has 4 nitrogen and oxygen atoms in total. The van der Waals surface area contributed by atoms with Crippen LogP contribution < -0.4 is 16.0 Å². The van der Waals surface area contributed by atoms with E-state index in [0.717, 1.165) is 5.56 Å². The van der Waals surface area contributed by atoms with E-state index >= 15 is 0 Å². The number of fused-ring (bicyclic) bond motifs is 1. The Hall–Kier alpha value is -2.02. The lowest BCUT2D eigenvalue weighted by Crippen LogP contribution is -2.19. The molecule has 0 fully saturated rings. The predicted molar refractivity (Wildman–Crippen MR) is 70.6 cm³/mol. The van der Waals surface area contributed by atoms with Gasteiger partial charge in [-0.05, 0) is 25.5 Å². The molecule has 2 aromatic rings. The molecule has 108 valence electrons. The number of benzene rings is 1. The van der Waals surface area contributed by atoms with Crippen LogP contribution in [0.4, 0.5) is 18.9 Å². The number of aromatic nitrogens is 1. The second kappa shape index (κ2) is 5.16. The Morgan fingerprint density at radius 2 is 2.00 bits per heavy atom. The minimum Gasteiger partial charge on any atom is -0.482 e. The highest BCUT2D eigenvalue weighted by Gasteiger charge is 2.29. The highest BCUT2D eigenvalue weighted by atomic mass is 19.4. The van der Waals surface area contributed by atoms with Crippen LogP contribution in [0.5, 0.6) is 5.75 Å². The molecule has 0 amide bonds. The summed E-state index contributed by atoms with van der Waals surface area (Å²) in [6.45, 7) is 2.24. The maximum absolute atomic E-state index is 12.3. The molecule has 3 N–H and O–H groups in total. The Balaban J connectivity index is 2.55. The van der Waals surface area contributed by atoms with Gasteiger partial charge in [-0.3, -0.25) is 5.84 Å². The summed E-state index contributed by atoms with van der Waals surface area (Å²) in [5, 5.41) is 0.621. The first-order chi connectivity index (χ1) is 9.33. The molecular weight excluding hydrogens is 271 g/mol. The SMILES string of the molecule is Cc1nc2c(OCC(F)(F)F)cccc2c(NN)c1C. The van der Waals surface area contributed by atoms with Crippen molar-refractivity contribution in [3.8, 4) is 5.75 Å². The lowest BCUT2D eigenvalue weighted by atomic mass is 10.1. The molecule has 0 radical (unpaired) electrons. The van der Waals surface area contributed by atoms with Crippen molar-refractivity contribution in [1.29, 1.82) is 0 Å². The van der Waals surface area contributed by atoms with Crippen molar-refractivity contribution in [1.82, 2.24) is 4.98 Å². The number of hydrogen-bond donors (Lipinski definition) is 2. The standard InChI is InChI=1S/C13H14F3N3O/c1-7-8(2)18-12-9(11(7)19-17)4-3-5-10(12)20-6-13(14,15)16/h3-5H,6,17H2,1-2H3,(H,18,19). The minimum absolute atomic E-state index is 0.0828. The van der Waals surface area contributed by atoms with Crippen LogP contribution in [0.25, 0.3) is 10.9 Å². The molecule has 0 saturated carbocycles. The number of nitrogens with two attached hydrogens (primary N) is 1. The molecule has 1 heterocycles. The van der Waals surface area contributed by atoms with Gasteiger partial charge in [-0.25, -0.2) is 4.98 Å². The van der Waals surface area contributed by atoms with E-state index < -0.39 is 12.8 Å². The van der Waals surface area contributed by atoms with E-state index in [1.165, 1.54) is 6.07 Å². The summed E-state index contributed by atoms with van der Waals surface area (Å²) >= 11 is 0. The van der Waals surface area contributed by atoms with E-state index in [9.17, 15) is 13.2 Å². The molecule has 7 heteroatoms. The number of nitrogens with one attached hydrogen (secondary N) is 1. The van der Waals surface area contributed by atoms with E-state index in [1.54, 1.807) is 19.1 Å².